The number of hydrogen-bond acceptors (Lipinski definition) is 4. The molecule has 0 bridgehead atoms. The van der Waals surface area contributed by atoms with E-state index in [9.17, 15) is 4.79 Å². The fourth-order valence-electron chi connectivity index (χ4n) is 2.12. The van der Waals surface area contributed by atoms with E-state index in [1.165, 1.54) is 4.68 Å². The van der Waals surface area contributed by atoms with Gasteiger partial charge in [0.2, 0.25) is 5.91 Å². The van der Waals surface area contributed by atoms with Gasteiger partial charge in [-0.1, -0.05) is 12.1 Å². The molecule has 1 amide bonds. The number of carbonyl (C=O) groups is 1. The van der Waals surface area contributed by atoms with Crippen molar-refractivity contribution in [1.29, 1.82) is 0 Å². The highest BCUT2D eigenvalue weighted by molar-refractivity contribution is 5.95. The molecule has 0 saturated heterocycles. The van der Waals surface area contributed by atoms with Crippen LogP contribution in [0.1, 0.15) is 0 Å². The Labute approximate surface area is 110 Å². The van der Waals surface area contributed by atoms with Crippen molar-refractivity contribution in [1.82, 2.24) is 9.78 Å². The number of carbonyl (C=O) groups excluding carboxylic acids is 1. The number of aromatic nitrogens is 2. The molecule has 6 nitrogen and oxygen atoms in total. The number of anilines is 2. The van der Waals surface area contributed by atoms with E-state index in [1.807, 2.05) is 24.3 Å². The zero-order valence-electron chi connectivity index (χ0n) is 10.3. The van der Waals surface area contributed by atoms with Crippen LogP contribution in [0.15, 0.2) is 36.5 Å². The van der Waals surface area contributed by atoms with Crippen molar-refractivity contribution < 1.29 is 9.53 Å². The van der Waals surface area contributed by atoms with Crippen molar-refractivity contribution in [3.8, 4) is 5.75 Å². The second-order valence-electron chi connectivity index (χ2n) is 4.30. The lowest BCUT2D eigenvalue weighted by atomic mass is 10.2. The summed E-state index contributed by atoms with van der Waals surface area (Å²) in [6, 6.07) is 9.19. The van der Waals surface area contributed by atoms with E-state index < -0.39 is 0 Å². The molecule has 1 aliphatic rings. The first kappa shape index (κ1) is 11.6. The number of nitrogens with zero attached hydrogens (tertiary/aromatic N) is 3. The largest absolute Gasteiger partial charge is 0.490 e. The SMILES string of the molecule is Nc1ccn(CC(=O)N2CCOc3ccccc32)n1. The number of benzene rings is 1. The third-order valence-corrected chi connectivity index (χ3v) is 2.99. The van der Waals surface area contributed by atoms with E-state index in [1.54, 1.807) is 17.2 Å². The molecule has 0 saturated carbocycles. The number of nitrogens with two attached hydrogens (primary N) is 1. The lowest BCUT2D eigenvalue weighted by Gasteiger charge is -2.29. The average molecular weight is 258 g/mol. The predicted octanol–water partition coefficient (Wildman–Crippen LogP) is 0.891. The fourth-order valence-corrected chi connectivity index (χ4v) is 2.12. The monoisotopic (exact) mass is 258 g/mol. The van der Waals surface area contributed by atoms with Crippen LogP contribution in [-0.4, -0.2) is 28.8 Å². The van der Waals surface area contributed by atoms with Crippen molar-refractivity contribution in [2.75, 3.05) is 23.8 Å². The highest BCUT2D eigenvalue weighted by Crippen LogP contribution is 2.30. The Balaban J connectivity index is 1.81. The molecular weight excluding hydrogens is 244 g/mol. The number of hydrogen-bond donors (Lipinski definition) is 1. The quantitative estimate of drug-likeness (QED) is 0.868. The summed E-state index contributed by atoms with van der Waals surface area (Å²) in [6.07, 6.45) is 1.69. The molecule has 0 fully saturated rings. The third-order valence-electron chi connectivity index (χ3n) is 2.99. The van der Waals surface area contributed by atoms with Gasteiger partial charge in [0.1, 0.15) is 24.7 Å². The Morgan fingerprint density at radius 1 is 1.37 bits per heavy atom. The first-order valence-electron chi connectivity index (χ1n) is 6.05. The van der Waals surface area contributed by atoms with Gasteiger partial charge in [0.05, 0.1) is 12.2 Å². The van der Waals surface area contributed by atoms with E-state index in [0.717, 1.165) is 11.4 Å². The van der Waals surface area contributed by atoms with E-state index in [-0.39, 0.29) is 12.5 Å². The lowest BCUT2D eigenvalue weighted by Crippen LogP contribution is -2.39. The van der Waals surface area contributed by atoms with Gasteiger partial charge in [0.25, 0.3) is 0 Å². The Kier molecular flexibility index (Phi) is 2.83. The zero-order valence-corrected chi connectivity index (χ0v) is 10.3. The summed E-state index contributed by atoms with van der Waals surface area (Å²) in [4.78, 5) is 14.0. The maximum Gasteiger partial charge on any atom is 0.248 e. The number of ether oxygens (including phenoxy) is 1. The van der Waals surface area contributed by atoms with E-state index in [2.05, 4.69) is 5.10 Å². The molecule has 0 radical (unpaired) electrons. The Hall–Kier alpha value is -2.50. The molecule has 6 heteroatoms. The second-order valence-corrected chi connectivity index (χ2v) is 4.30. The van der Waals surface area contributed by atoms with Crippen LogP contribution >= 0.6 is 0 Å². The molecule has 1 aliphatic heterocycles. The predicted molar refractivity (Wildman–Crippen MR) is 70.9 cm³/mol. The van der Waals surface area contributed by atoms with Gasteiger partial charge >= 0.3 is 0 Å². The molecule has 19 heavy (non-hydrogen) atoms. The van der Waals surface area contributed by atoms with Crippen LogP contribution in [0.25, 0.3) is 0 Å². The minimum Gasteiger partial charge on any atom is -0.490 e. The molecule has 0 unspecified atom stereocenters. The molecule has 0 aliphatic carbocycles. The van der Waals surface area contributed by atoms with Gasteiger partial charge in [-0.15, -0.1) is 0 Å². The van der Waals surface area contributed by atoms with Crippen LogP contribution in [0.2, 0.25) is 0 Å². The molecule has 3 rings (SSSR count). The summed E-state index contributed by atoms with van der Waals surface area (Å²) in [5, 5.41) is 4.02. The molecule has 0 atom stereocenters. The van der Waals surface area contributed by atoms with Gasteiger partial charge in [0, 0.05) is 6.20 Å². The van der Waals surface area contributed by atoms with Crippen molar-refractivity contribution in [2.24, 2.45) is 0 Å². The first-order chi connectivity index (χ1) is 9.24. The van der Waals surface area contributed by atoms with Gasteiger partial charge in [0.15, 0.2) is 0 Å². The second kappa shape index (κ2) is 4.64. The van der Waals surface area contributed by atoms with Crippen LogP contribution < -0.4 is 15.4 Å². The highest BCUT2D eigenvalue weighted by Gasteiger charge is 2.23. The zero-order chi connectivity index (χ0) is 13.2. The highest BCUT2D eigenvalue weighted by atomic mass is 16.5. The van der Waals surface area contributed by atoms with E-state index in [0.29, 0.717) is 19.0 Å². The van der Waals surface area contributed by atoms with Crippen molar-refractivity contribution in [3.63, 3.8) is 0 Å². The fraction of sp³-hybridized carbons (Fsp3) is 0.231. The minimum absolute atomic E-state index is 0.0288. The molecule has 1 aromatic heterocycles. The summed E-state index contributed by atoms with van der Waals surface area (Å²) in [7, 11) is 0. The van der Waals surface area contributed by atoms with Crippen LogP contribution in [0.3, 0.4) is 0 Å². The third kappa shape index (κ3) is 2.24. The van der Waals surface area contributed by atoms with Gasteiger partial charge in [-0.3, -0.25) is 9.48 Å². The van der Waals surface area contributed by atoms with Crippen LogP contribution in [-0.2, 0) is 11.3 Å². The molecule has 0 spiro atoms. The van der Waals surface area contributed by atoms with E-state index in [4.69, 9.17) is 10.5 Å². The maximum atomic E-state index is 12.3. The maximum absolute atomic E-state index is 12.3. The molecule has 2 aromatic rings. The lowest BCUT2D eigenvalue weighted by molar-refractivity contribution is -0.119. The molecule has 2 heterocycles. The molecule has 2 N–H and O–H groups in total. The molecular formula is C13H14N4O2. The normalized spacial score (nSPS) is 13.8. The van der Waals surface area contributed by atoms with E-state index >= 15 is 0 Å². The van der Waals surface area contributed by atoms with Crippen molar-refractivity contribution in [2.45, 2.75) is 6.54 Å². The number of fused-ring (bicyclic) bond motifs is 1. The number of rotatable bonds is 2. The Morgan fingerprint density at radius 2 is 2.21 bits per heavy atom. The van der Waals surface area contributed by atoms with Gasteiger partial charge in [-0.2, -0.15) is 5.10 Å². The molecule has 98 valence electrons. The topological polar surface area (TPSA) is 73.4 Å². The van der Waals surface area contributed by atoms with Crippen molar-refractivity contribution in [3.05, 3.63) is 36.5 Å². The van der Waals surface area contributed by atoms with Crippen LogP contribution in [0, 0.1) is 0 Å². The Bertz CT molecular complexity index is 608. The van der Waals surface area contributed by atoms with Crippen LogP contribution in [0.4, 0.5) is 11.5 Å². The average Bonchev–Trinajstić information content (AvgIpc) is 2.83. The molecule has 1 aromatic carbocycles. The summed E-state index contributed by atoms with van der Waals surface area (Å²) < 4.78 is 7.06. The number of nitrogen functional groups attached to an aromatic ring is 1. The van der Waals surface area contributed by atoms with Crippen molar-refractivity contribution >= 4 is 17.4 Å². The first-order valence-corrected chi connectivity index (χ1v) is 6.05. The Morgan fingerprint density at radius 3 is 3.00 bits per heavy atom. The summed E-state index contributed by atoms with van der Waals surface area (Å²) in [6.45, 7) is 1.22. The minimum atomic E-state index is -0.0288. The van der Waals surface area contributed by atoms with Gasteiger partial charge < -0.3 is 15.4 Å². The van der Waals surface area contributed by atoms with Gasteiger partial charge in [-0.25, -0.2) is 0 Å². The van der Waals surface area contributed by atoms with Gasteiger partial charge in [-0.05, 0) is 18.2 Å². The summed E-state index contributed by atoms with van der Waals surface area (Å²) >= 11 is 0. The number of amides is 1. The number of para-hydroxylation sites is 2. The van der Waals surface area contributed by atoms with Crippen LogP contribution in [0.5, 0.6) is 5.75 Å². The summed E-state index contributed by atoms with van der Waals surface area (Å²) in [5.74, 6) is 1.12. The standard InChI is InChI=1S/C13H14N4O2/c14-12-5-6-16(15-12)9-13(18)17-7-8-19-11-4-2-1-3-10(11)17/h1-6H,7-9H2,(H2,14,15). The summed E-state index contributed by atoms with van der Waals surface area (Å²) in [5.41, 5.74) is 6.34. The smallest absolute Gasteiger partial charge is 0.248 e.